The van der Waals surface area contributed by atoms with E-state index >= 15 is 0 Å². The molecule has 0 spiro atoms. The number of halogens is 1. The Balaban J connectivity index is 1.75. The quantitative estimate of drug-likeness (QED) is 0.837. The van der Waals surface area contributed by atoms with Gasteiger partial charge in [0.15, 0.2) is 0 Å². The molecule has 1 fully saturated rings. The molecule has 1 aromatic heterocycles. The van der Waals surface area contributed by atoms with E-state index in [0.717, 1.165) is 52.7 Å². The highest BCUT2D eigenvalue weighted by Crippen LogP contribution is 2.35. The van der Waals surface area contributed by atoms with Crippen LogP contribution >= 0.6 is 27.3 Å². The third kappa shape index (κ3) is 3.76. The molecule has 0 amide bonds. The summed E-state index contributed by atoms with van der Waals surface area (Å²) in [6, 6.07) is 6.01. The van der Waals surface area contributed by atoms with Crippen LogP contribution in [0.3, 0.4) is 0 Å². The molecule has 0 radical (unpaired) electrons. The number of benzene rings is 1. The van der Waals surface area contributed by atoms with Crippen LogP contribution in [0, 0.1) is 5.41 Å². The molecule has 23 heavy (non-hydrogen) atoms. The summed E-state index contributed by atoms with van der Waals surface area (Å²) in [6.07, 6.45) is 1.17. The second-order valence-electron chi connectivity index (χ2n) is 6.46. The Morgan fingerprint density at radius 2 is 2.30 bits per heavy atom. The predicted octanol–water partition coefficient (Wildman–Crippen LogP) is 3.75. The van der Waals surface area contributed by atoms with E-state index in [2.05, 4.69) is 39.2 Å². The summed E-state index contributed by atoms with van der Waals surface area (Å²) in [5.74, 6) is 0.853. The van der Waals surface area contributed by atoms with Crippen molar-refractivity contribution in [2.24, 2.45) is 11.1 Å². The van der Waals surface area contributed by atoms with Crippen LogP contribution in [0.25, 0.3) is 10.6 Å². The van der Waals surface area contributed by atoms with Crippen molar-refractivity contribution in [1.29, 1.82) is 0 Å². The second-order valence-corrected chi connectivity index (χ2v) is 8.24. The third-order valence-electron chi connectivity index (χ3n) is 4.46. The summed E-state index contributed by atoms with van der Waals surface area (Å²) in [6.45, 7) is 6.06. The van der Waals surface area contributed by atoms with Gasteiger partial charge in [0.2, 0.25) is 0 Å². The minimum absolute atomic E-state index is 0.256. The molecular formula is C17H22BrN3OS. The van der Waals surface area contributed by atoms with E-state index in [-0.39, 0.29) is 5.41 Å². The molecule has 2 N–H and O–H groups in total. The van der Waals surface area contributed by atoms with Crippen molar-refractivity contribution >= 4 is 27.3 Å². The van der Waals surface area contributed by atoms with Gasteiger partial charge in [0.05, 0.1) is 18.4 Å². The number of methoxy groups -OCH3 is 1. The maximum absolute atomic E-state index is 5.89. The van der Waals surface area contributed by atoms with E-state index in [1.807, 2.05) is 12.1 Å². The highest BCUT2D eigenvalue weighted by molar-refractivity contribution is 9.10. The lowest BCUT2D eigenvalue weighted by Gasteiger charge is -2.22. The fourth-order valence-electron chi connectivity index (χ4n) is 3.01. The van der Waals surface area contributed by atoms with Crippen LogP contribution in [-0.4, -0.2) is 36.6 Å². The molecule has 1 atom stereocenters. The van der Waals surface area contributed by atoms with Crippen LogP contribution in [0.1, 0.15) is 19.0 Å². The lowest BCUT2D eigenvalue weighted by molar-refractivity contribution is 0.272. The maximum atomic E-state index is 5.89. The fourth-order valence-corrected chi connectivity index (χ4v) is 4.20. The molecule has 124 valence electrons. The first-order valence-electron chi connectivity index (χ1n) is 7.74. The number of nitrogens with two attached hydrogens (primary N) is 1. The van der Waals surface area contributed by atoms with E-state index < -0.39 is 0 Å². The first kappa shape index (κ1) is 16.9. The van der Waals surface area contributed by atoms with Crippen molar-refractivity contribution in [1.82, 2.24) is 9.88 Å². The van der Waals surface area contributed by atoms with Crippen LogP contribution in [0.5, 0.6) is 5.75 Å². The number of rotatable bonds is 5. The van der Waals surface area contributed by atoms with Gasteiger partial charge in [-0.05, 0) is 43.1 Å². The average molecular weight is 396 g/mol. The monoisotopic (exact) mass is 395 g/mol. The Hall–Kier alpha value is -0.950. The van der Waals surface area contributed by atoms with Gasteiger partial charge < -0.3 is 10.5 Å². The van der Waals surface area contributed by atoms with Crippen LogP contribution in [-0.2, 0) is 6.54 Å². The summed E-state index contributed by atoms with van der Waals surface area (Å²) in [5, 5.41) is 3.15. The molecule has 1 aliphatic rings. The van der Waals surface area contributed by atoms with Gasteiger partial charge in [-0.3, -0.25) is 4.90 Å². The zero-order valence-corrected chi connectivity index (χ0v) is 15.9. The van der Waals surface area contributed by atoms with Crippen molar-refractivity contribution < 1.29 is 4.74 Å². The van der Waals surface area contributed by atoms with Gasteiger partial charge in [0.25, 0.3) is 0 Å². The highest BCUT2D eigenvalue weighted by atomic mass is 79.9. The first-order chi connectivity index (χ1) is 11.0. The molecule has 4 nitrogen and oxygen atoms in total. The molecule has 0 bridgehead atoms. The van der Waals surface area contributed by atoms with Gasteiger partial charge in [-0.15, -0.1) is 11.3 Å². The van der Waals surface area contributed by atoms with Crippen LogP contribution in [0.2, 0.25) is 0 Å². The van der Waals surface area contributed by atoms with Gasteiger partial charge >= 0.3 is 0 Å². The van der Waals surface area contributed by atoms with Crippen LogP contribution in [0.15, 0.2) is 28.1 Å². The predicted molar refractivity (Wildman–Crippen MR) is 98.9 cm³/mol. The molecule has 1 saturated heterocycles. The van der Waals surface area contributed by atoms with Crippen LogP contribution in [0.4, 0.5) is 0 Å². The minimum Gasteiger partial charge on any atom is -0.496 e. The third-order valence-corrected chi connectivity index (χ3v) is 5.88. The molecule has 1 aromatic carbocycles. The van der Waals surface area contributed by atoms with Gasteiger partial charge in [-0.1, -0.05) is 22.9 Å². The van der Waals surface area contributed by atoms with Gasteiger partial charge in [-0.2, -0.15) is 0 Å². The Morgan fingerprint density at radius 3 is 3.00 bits per heavy atom. The zero-order valence-electron chi connectivity index (χ0n) is 13.5. The van der Waals surface area contributed by atoms with Crippen molar-refractivity contribution in [2.45, 2.75) is 19.9 Å². The van der Waals surface area contributed by atoms with E-state index in [9.17, 15) is 0 Å². The fraction of sp³-hybridized carbons (Fsp3) is 0.471. The first-order valence-corrected chi connectivity index (χ1v) is 9.41. The van der Waals surface area contributed by atoms with E-state index in [1.54, 1.807) is 18.4 Å². The van der Waals surface area contributed by atoms with E-state index in [4.69, 9.17) is 15.5 Å². The maximum Gasteiger partial charge on any atom is 0.129 e. The summed E-state index contributed by atoms with van der Waals surface area (Å²) in [5.41, 5.74) is 8.30. The standard InChI is InChI=1S/C17H22BrN3OS/c1-17(10-19)5-6-21(11-17)8-13-9-23-16(20-13)14-7-12(18)3-4-15(14)22-2/h3-4,7,9H,5-6,8,10-11,19H2,1-2H3. The second kappa shape index (κ2) is 6.89. The highest BCUT2D eigenvalue weighted by Gasteiger charge is 2.32. The number of aromatic nitrogens is 1. The zero-order chi connectivity index (χ0) is 16.4. The van der Waals surface area contributed by atoms with Crippen molar-refractivity contribution in [3.63, 3.8) is 0 Å². The number of ether oxygens (including phenoxy) is 1. The SMILES string of the molecule is COc1ccc(Br)cc1-c1nc(CN2CCC(C)(CN)C2)cs1. The number of likely N-dealkylation sites (tertiary alicyclic amines) is 1. The lowest BCUT2D eigenvalue weighted by atomic mass is 9.90. The summed E-state index contributed by atoms with van der Waals surface area (Å²) in [4.78, 5) is 7.26. The Kier molecular flexibility index (Phi) is 5.06. The van der Waals surface area contributed by atoms with Gasteiger partial charge in [-0.25, -0.2) is 4.98 Å². The molecule has 3 rings (SSSR count). The summed E-state index contributed by atoms with van der Waals surface area (Å²) >= 11 is 5.19. The Bertz CT molecular complexity index is 690. The molecule has 6 heteroatoms. The van der Waals surface area contributed by atoms with Gasteiger partial charge in [0, 0.05) is 22.9 Å². The topological polar surface area (TPSA) is 51.4 Å². The largest absolute Gasteiger partial charge is 0.496 e. The average Bonchev–Trinajstić information content (AvgIpc) is 3.15. The summed E-state index contributed by atoms with van der Waals surface area (Å²) in [7, 11) is 1.69. The van der Waals surface area contributed by atoms with Crippen molar-refractivity contribution in [2.75, 3.05) is 26.7 Å². The molecule has 0 aliphatic carbocycles. The molecular weight excluding hydrogens is 374 g/mol. The summed E-state index contributed by atoms with van der Waals surface area (Å²) < 4.78 is 6.49. The van der Waals surface area contributed by atoms with Crippen molar-refractivity contribution in [3.8, 4) is 16.3 Å². The molecule has 1 unspecified atom stereocenters. The normalized spacial score (nSPS) is 21.7. The number of hydrogen-bond acceptors (Lipinski definition) is 5. The molecule has 2 heterocycles. The lowest BCUT2D eigenvalue weighted by Crippen LogP contribution is -2.31. The Labute approximate surface area is 149 Å². The molecule has 0 saturated carbocycles. The van der Waals surface area contributed by atoms with E-state index in [0.29, 0.717) is 0 Å². The minimum atomic E-state index is 0.256. The van der Waals surface area contributed by atoms with Crippen molar-refractivity contribution in [3.05, 3.63) is 33.7 Å². The van der Waals surface area contributed by atoms with E-state index in [1.165, 1.54) is 6.42 Å². The number of thiazole rings is 1. The molecule has 2 aromatic rings. The van der Waals surface area contributed by atoms with Crippen LogP contribution < -0.4 is 10.5 Å². The smallest absolute Gasteiger partial charge is 0.129 e. The number of hydrogen-bond donors (Lipinski definition) is 1. The van der Waals surface area contributed by atoms with Gasteiger partial charge in [0.1, 0.15) is 10.8 Å². The molecule has 1 aliphatic heterocycles. The Morgan fingerprint density at radius 1 is 1.48 bits per heavy atom. The number of nitrogens with zero attached hydrogens (tertiary/aromatic N) is 2.